The summed E-state index contributed by atoms with van der Waals surface area (Å²) in [7, 11) is 0. The molecular formula is C11H13BrFNO2. The minimum Gasteiger partial charge on any atom is -0.393 e. The van der Waals surface area contributed by atoms with E-state index in [0.717, 1.165) is 0 Å². The molecule has 0 bridgehead atoms. The Kier molecular flexibility index (Phi) is 4.89. The van der Waals surface area contributed by atoms with Crippen LogP contribution in [0.2, 0.25) is 0 Å². The van der Waals surface area contributed by atoms with Crippen molar-refractivity contribution in [2.75, 3.05) is 6.54 Å². The van der Waals surface area contributed by atoms with Crippen molar-refractivity contribution >= 4 is 21.8 Å². The largest absolute Gasteiger partial charge is 0.393 e. The normalized spacial score (nSPS) is 12.2. The molecule has 0 aliphatic heterocycles. The highest BCUT2D eigenvalue weighted by Gasteiger charge is 2.12. The Labute approximate surface area is 102 Å². The average Bonchev–Trinajstić information content (AvgIpc) is 2.21. The van der Waals surface area contributed by atoms with Gasteiger partial charge in [0.2, 0.25) is 0 Å². The van der Waals surface area contributed by atoms with Crippen LogP contribution >= 0.6 is 15.9 Å². The molecule has 0 spiro atoms. The summed E-state index contributed by atoms with van der Waals surface area (Å²) in [6.45, 7) is 2.00. The number of hydrogen-bond acceptors (Lipinski definition) is 2. The maximum atomic E-state index is 13.1. The van der Waals surface area contributed by atoms with E-state index in [2.05, 4.69) is 21.2 Å². The molecule has 1 aromatic carbocycles. The van der Waals surface area contributed by atoms with Crippen LogP contribution in [0.25, 0.3) is 0 Å². The van der Waals surface area contributed by atoms with Crippen LogP contribution in [0.5, 0.6) is 0 Å². The van der Waals surface area contributed by atoms with E-state index in [4.69, 9.17) is 5.11 Å². The second kappa shape index (κ2) is 5.96. The number of hydrogen-bond donors (Lipinski definition) is 2. The van der Waals surface area contributed by atoms with Crippen molar-refractivity contribution in [3.05, 3.63) is 34.1 Å². The first-order valence-electron chi connectivity index (χ1n) is 4.92. The van der Waals surface area contributed by atoms with Gasteiger partial charge in [0.25, 0.3) is 5.91 Å². The molecule has 0 radical (unpaired) electrons. The maximum absolute atomic E-state index is 13.1. The van der Waals surface area contributed by atoms with Crippen LogP contribution in [0, 0.1) is 5.82 Å². The molecule has 1 aromatic rings. The predicted molar refractivity (Wildman–Crippen MR) is 62.7 cm³/mol. The minimum atomic E-state index is -0.469. The second-order valence-corrected chi connectivity index (χ2v) is 4.29. The smallest absolute Gasteiger partial charge is 0.252 e. The molecule has 16 heavy (non-hydrogen) atoms. The van der Waals surface area contributed by atoms with Gasteiger partial charge in [-0.2, -0.15) is 0 Å². The lowest BCUT2D eigenvalue weighted by atomic mass is 10.2. The van der Waals surface area contributed by atoms with Gasteiger partial charge in [0.15, 0.2) is 0 Å². The van der Waals surface area contributed by atoms with Crippen LogP contribution in [0.3, 0.4) is 0 Å². The number of benzene rings is 1. The molecule has 0 aromatic heterocycles. The summed E-state index contributed by atoms with van der Waals surface area (Å²) in [5.74, 6) is -0.824. The lowest BCUT2D eigenvalue weighted by Crippen LogP contribution is -2.26. The molecule has 0 heterocycles. The Hall–Kier alpha value is -0.940. The summed E-state index contributed by atoms with van der Waals surface area (Å²) in [6.07, 6.45) is 0.00910. The summed E-state index contributed by atoms with van der Waals surface area (Å²) in [4.78, 5) is 11.6. The third-order valence-corrected chi connectivity index (χ3v) is 2.85. The van der Waals surface area contributed by atoms with Crippen LogP contribution in [-0.2, 0) is 0 Å². The molecule has 3 nitrogen and oxygen atoms in total. The molecule has 88 valence electrons. The summed E-state index contributed by atoms with van der Waals surface area (Å²) in [5, 5.41) is 11.6. The maximum Gasteiger partial charge on any atom is 0.252 e. The number of nitrogens with one attached hydrogen (secondary N) is 1. The van der Waals surface area contributed by atoms with Gasteiger partial charge in [-0.05, 0) is 41.4 Å². The molecule has 0 saturated carbocycles. The van der Waals surface area contributed by atoms with Gasteiger partial charge in [-0.25, -0.2) is 4.39 Å². The number of carbonyl (C=O) groups is 1. The molecular weight excluding hydrogens is 277 g/mol. The first kappa shape index (κ1) is 13.1. The lowest BCUT2D eigenvalue weighted by Gasteiger charge is -2.08. The van der Waals surface area contributed by atoms with E-state index in [-0.39, 0.29) is 15.9 Å². The Morgan fingerprint density at radius 1 is 1.62 bits per heavy atom. The molecule has 2 N–H and O–H groups in total. The summed E-state index contributed by atoms with van der Waals surface area (Å²) in [5.41, 5.74) is 0.255. The molecule has 1 atom stereocenters. The Morgan fingerprint density at radius 2 is 2.31 bits per heavy atom. The highest BCUT2D eigenvalue weighted by Crippen LogP contribution is 2.20. The third kappa shape index (κ3) is 3.57. The predicted octanol–water partition coefficient (Wildman–Crippen LogP) is 2.09. The second-order valence-electron chi connectivity index (χ2n) is 3.49. The summed E-state index contributed by atoms with van der Waals surface area (Å²) in [6, 6.07) is 4.28. The van der Waals surface area contributed by atoms with Crippen molar-refractivity contribution in [2.45, 2.75) is 19.4 Å². The van der Waals surface area contributed by atoms with Gasteiger partial charge in [0.05, 0.1) is 16.1 Å². The average molecular weight is 290 g/mol. The molecule has 0 saturated heterocycles. The first-order valence-corrected chi connectivity index (χ1v) is 5.72. The Balaban J connectivity index is 2.63. The van der Waals surface area contributed by atoms with Gasteiger partial charge in [-0.1, -0.05) is 6.07 Å². The fraction of sp³-hybridized carbons (Fsp3) is 0.364. The summed E-state index contributed by atoms with van der Waals surface area (Å²) >= 11 is 3.02. The van der Waals surface area contributed by atoms with Crippen molar-refractivity contribution in [2.24, 2.45) is 0 Å². The van der Waals surface area contributed by atoms with Gasteiger partial charge >= 0.3 is 0 Å². The van der Waals surface area contributed by atoms with Crippen LogP contribution in [0.4, 0.5) is 4.39 Å². The van der Waals surface area contributed by atoms with Gasteiger partial charge < -0.3 is 10.4 Å². The molecule has 1 unspecified atom stereocenters. The van der Waals surface area contributed by atoms with E-state index in [1.807, 2.05) is 0 Å². The van der Waals surface area contributed by atoms with Crippen LogP contribution in [0.15, 0.2) is 22.7 Å². The molecule has 1 amide bonds. The van der Waals surface area contributed by atoms with E-state index in [0.29, 0.717) is 13.0 Å². The molecule has 0 aliphatic carbocycles. The number of amides is 1. The standard InChI is InChI=1S/C11H13BrFNO2/c1-7(15)5-6-14-11(16)8-3-2-4-9(13)10(8)12/h2-4,7,15H,5-6H2,1H3,(H,14,16). The lowest BCUT2D eigenvalue weighted by molar-refractivity contribution is 0.0944. The topological polar surface area (TPSA) is 49.3 Å². The minimum absolute atomic E-state index is 0.157. The zero-order chi connectivity index (χ0) is 12.1. The molecule has 0 aliphatic rings. The van der Waals surface area contributed by atoms with Gasteiger partial charge in [-0.3, -0.25) is 4.79 Å². The Morgan fingerprint density at radius 3 is 2.94 bits per heavy atom. The van der Waals surface area contributed by atoms with E-state index in [9.17, 15) is 9.18 Å². The van der Waals surface area contributed by atoms with Crippen molar-refractivity contribution in [1.82, 2.24) is 5.32 Å². The quantitative estimate of drug-likeness (QED) is 0.892. The SMILES string of the molecule is CC(O)CCNC(=O)c1cccc(F)c1Br. The van der Waals surface area contributed by atoms with Crippen molar-refractivity contribution in [3.8, 4) is 0 Å². The van der Waals surface area contributed by atoms with Crippen LogP contribution < -0.4 is 5.32 Å². The molecule has 1 rings (SSSR count). The first-order chi connectivity index (χ1) is 7.52. The number of carbonyl (C=O) groups excluding carboxylic acids is 1. The van der Waals surface area contributed by atoms with Crippen molar-refractivity contribution in [3.63, 3.8) is 0 Å². The molecule has 5 heteroatoms. The fourth-order valence-corrected chi connectivity index (χ4v) is 1.61. The van der Waals surface area contributed by atoms with Gasteiger partial charge in [0.1, 0.15) is 5.82 Å². The zero-order valence-corrected chi connectivity index (χ0v) is 10.4. The van der Waals surface area contributed by atoms with E-state index in [1.165, 1.54) is 18.2 Å². The number of halogens is 2. The van der Waals surface area contributed by atoms with E-state index in [1.54, 1.807) is 6.92 Å². The van der Waals surface area contributed by atoms with Crippen LogP contribution in [-0.4, -0.2) is 23.7 Å². The summed E-state index contributed by atoms with van der Waals surface area (Å²) < 4.78 is 13.3. The van der Waals surface area contributed by atoms with E-state index >= 15 is 0 Å². The number of aliphatic hydroxyl groups is 1. The fourth-order valence-electron chi connectivity index (χ4n) is 1.17. The van der Waals surface area contributed by atoms with Crippen molar-refractivity contribution in [1.29, 1.82) is 0 Å². The number of rotatable bonds is 4. The highest BCUT2D eigenvalue weighted by atomic mass is 79.9. The van der Waals surface area contributed by atoms with E-state index < -0.39 is 11.9 Å². The highest BCUT2D eigenvalue weighted by molar-refractivity contribution is 9.10. The monoisotopic (exact) mass is 289 g/mol. The van der Waals surface area contributed by atoms with Crippen molar-refractivity contribution < 1.29 is 14.3 Å². The number of aliphatic hydroxyl groups excluding tert-OH is 1. The van der Waals surface area contributed by atoms with Gasteiger partial charge in [-0.15, -0.1) is 0 Å². The van der Waals surface area contributed by atoms with Gasteiger partial charge in [0, 0.05) is 6.54 Å². The zero-order valence-electron chi connectivity index (χ0n) is 8.84. The molecule has 0 fully saturated rings. The third-order valence-electron chi connectivity index (χ3n) is 2.04. The Bertz CT molecular complexity index is 382. The van der Waals surface area contributed by atoms with Crippen LogP contribution in [0.1, 0.15) is 23.7 Å².